The van der Waals surface area contributed by atoms with E-state index in [1.54, 1.807) is 16.8 Å². The van der Waals surface area contributed by atoms with Crippen LogP contribution in [0.15, 0.2) is 72.4 Å². The summed E-state index contributed by atoms with van der Waals surface area (Å²) in [5.74, 6) is 0.121. The molecule has 1 unspecified atom stereocenters. The Morgan fingerprint density at radius 2 is 1.71 bits per heavy atom. The van der Waals surface area contributed by atoms with Crippen LogP contribution in [-0.4, -0.2) is 62.6 Å². The molecule has 2 aliphatic rings. The Morgan fingerprint density at radius 3 is 2.42 bits per heavy atom. The molecule has 2 amide bonds. The molecule has 0 aliphatic carbocycles. The number of hydrogen-bond donors (Lipinski definition) is 3. The molecule has 2 aliphatic heterocycles. The van der Waals surface area contributed by atoms with Crippen LogP contribution in [0.5, 0.6) is 0 Å². The molecule has 1 atom stereocenters. The van der Waals surface area contributed by atoms with Gasteiger partial charge in [-0.25, -0.2) is 0 Å². The van der Waals surface area contributed by atoms with Crippen molar-refractivity contribution in [1.29, 1.82) is 0 Å². The van der Waals surface area contributed by atoms with Crippen molar-refractivity contribution < 1.29 is 14.3 Å². The van der Waals surface area contributed by atoms with Gasteiger partial charge >= 0.3 is 0 Å². The maximum Gasteiger partial charge on any atom is 0.254 e. The number of anilines is 3. The lowest BCUT2D eigenvalue weighted by Gasteiger charge is -2.35. The molecule has 3 N–H and O–H groups in total. The van der Waals surface area contributed by atoms with Gasteiger partial charge in [-0.1, -0.05) is 48.5 Å². The Kier molecular flexibility index (Phi) is 6.51. The Morgan fingerprint density at radius 1 is 0.974 bits per heavy atom. The molecule has 192 valence electrons. The van der Waals surface area contributed by atoms with Gasteiger partial charge in [0.2, 0.25) is 17.8 Å². The monoisotopic (exact) mass is 510 g/mol. The van der Waals surface area contributed by atoms with Crippen LogP contribution in [0.2, 0.25) is 0 Å². The summed E-state index contributed by atoms with van der Waals surface area (Å²) in [4.78, 5) is 35.8. The number of nitrogens with zero attached hydrogens (tertiary/aromatic N) is 5. The van der Waals surface area contributed by atoms with Crippen molar-refractivity contribution in [2.24, 2.45) is 0 Å². The summed E-state index contributed by atoms with van der Waals surface area (Å²) in [5, 5.41) is 13.6. The molecule has 2 aromatic carbocycles. The minimum atomic E-state index is -0.402. The highest BCUT2D eigenvalue weighted by atomic mass is 16.5. The average Bonchev–Trinajstić information content (AvgIpc) is 3.50. The maximum atomic E-state index is 12.2. The third kappa shape index (κ3) is 4.97. The van der Waals surface area contributed by atoms with Gasteiger partial charge in [0.25, 0.3) is 5.91 Å². The second-order valence-corrected chi connectivity index (χ2v) is 9.03. The standard InChI is InChI=1S/C27H26N8O3/c36-22-16-19(25(37)30-22)15-20-17-28-35-24(20)32-26(33-27(35)29-21-9-5-2-6-10-21)31-23(18-7-3-1-4-8-18)34-11-13-38-14-12-34/h1-10,15,17,23H,11-14,16H2,(H,30,36,37)(H2,29,31,32,33)/b19-15+. The quantitative estimate of drug-likeness (QED) is 0.254. The van der Waals surface area contributed by atoms with Crippen molar-refractivity contribution in [3.05, 3.63) is 83.6 Å². The molecular formula is C27H26N8O3. The Balaban J connectivity index is 1.43. The zero-order valence-corrected chi connectivity index (χ0v) is 20.5. The smallest absolute Gasteiger partial charge is 0.254 e. The van der Waals surface area contributed by atoms with Crippen LogP contribution in [0.4, 0.5) is 17.6 Å². The first-order valence-electron chi connectivity index (χ1n) is 12.4. The van der Waals surface area contributed by atoms with Crippen molar-refractivity contribution in [2.45, 2.75) is 12.6 Å². The second kappa shape index (κ2) is 10.4. The van der Waals surface area contributed by atoms with E-state index in [9.17, 15) is 9.59 Å². The van der Waals surface area contributed by atoms with Crippen molar-refractivity contribution >= 4 is 41.1 Å². The van der Waals surface area contributed by atoms with E-state index in [1.807, 2.05) is 48.5 Å². The molecule has 4 aromatic rings. The Hall–Kier alpha value is -4.61. The number of ether oxygens (including phenoxy) is 1. The molecule has 2 saturated heterocycles. The minimum Gasteiger partial charge on any atom is -0.379 e. The number of para-hydroxylation sites is 1. The first-order chi connectivity index (χ1) is 18.6. The molecule has 0 bridgehead atoms. The summed E-state index contributed by atoms with van der Waals surface area (Å²) in [6, 6.07) is 19.8. The topological polar surface area (TPSA) is 126 Å². The largest absolute Gasteiger partial charge is 0.379 e. The normalized spacial score (nSPS) is 18.1. The molecular weight excluding hydrogens is 484 g/mol. The minimum absolute atomic E-state index is 0.0224. The molecule has 2 fully saturated rings. The fraction of sp³-hybridized carbons (Fsp3) is 0.222. The van der Waals surface area contributed by atoms with Gasteiger partial charge in [-0.2, -0.15) is 19.6 Å². The summed E-state index contributed by atoms with van der Waals surface area (Å²) in [5.41, 5.74) is 3.38. The number of amides is 2. The summed E-state index contributed by atoms with van der Waals surface area (Å²) >= 11 is 0. The first kappa shape index (κ1) is 23.8. The van der Waals surface area contributed by atoms with E-state index < -0.39 is 5.91 Å². The zero-order chi connectivity index (χ0) is 25.9. The van der Waals surface area contributed by atoms with E-state index >= 15 is 0 Å². The Bertz CT molecular complexity index is 1500. The lowest BCUT2D eigenvalue weighted by molar-refractivity contribution is -0.124. The number of fused-ring (bicyclic) bond motifs is 1. The molecule has 2 aromatic heterocycles. The van der Waals surface area contributed by atoms with Crippen molar-refractivity contribution in [2.75, 3.05) is 36.9 Å². The molecule has 6 rings (SSSR count). The Labute approximate surface area is 218 Å². The van der Waals surface area contributed by atoms with Crippen LogP contribution >= 0.6 is 0 Å². The zero-order valence-electron chi connectivity index (χ0n) is 20.5. The van der Waals surface area contributed by atoms with Gasteiger partial charge in [0.1, 0.15) is 6.17 Å². The number of rotatable bonds is 7. The third-order valence-electron chi connectivity index (χ3n) is 6.44. The number of hydrogen-bond acceptors (Lipinski definition) is 9. The van der Waals surface area contributed by atoms with E-state index in [1.165, 1.54) is 0 Å². The van der Waals surface area contributed by atoms with Crippen LogP contribution in [0.1, 0.15) is 23.7 Å². The lowest BCUT2D eigenvalue weighted by Crippen LogP contribution is -2.42. The summed E-state index contributed by atoms with van der Waals surface area (Å²) < 4.78 is 7.17. The van der Waals surface area contributed by atoms with E-state index in [4.69, 9.17) is 14.7 Å². The lowest BCUT2D eigenvalue weighted by atomic mass is 10.1. The van der Waals surface area contributed by atoms with Gasteiger partial charge < -0.3 is 15.4 Å². The number of nitrogens with one attached hydrogen (secondary N) is 3. The summed E-state index contributed by atoms with van der Waals surface area (Å²) in [7, 11) is 0. The van der Waals surface area contributed by atoms with Crippen LogP contribution < -0.4 is 16.0 Å². The molecule has 0 spiro atoms. The fourth-order valence-corrected chi connectivity index (χ4v) is 4.58. The number of carbonyl (C=O) groups excluding carboxylic acids is 2. The van der Waals surface area contributed by atoms with Gasteiger partial charge in [-0.05, 0) is 23.8 Å². The highest BCUT2D eigenvalue weighted by molar-refractivity contribution is 6.15. The highest BCUT2D eigenvalue weighted by Crippen LogP contribution is 2.26. The van der Waals surface area contributed by atoms with Gasteiger partial charge in [-0.15, -0.1) is 0 Å². The van der Waals surface area contributed by atoms with E-state index in [2.05, 4.69) is 38.1 Å². The van der Waals surface area contributed by atoms with Crippen LogP contribution in [-0.2, 0) is 14.3 Å². The number of aromatic nitrogens is 4. The summed E-state index contributed by atoms with van der Waals surface area (Å²) in [6.45, 7) is 2.81. The SMILES string of the molecule is O=C1C/C(=C\c2cnn3c(Nc4ccccc4)nc(NC(c4ccccc4)N4CCOCC4)nc23)C(=O)N1. The van der Waals surface area contributed by atoms with Crippen molar-refractivity contribution in [3.63, 3.8) is 0 Å². The van der Waals surface area contributed by atoms with E-state index in [0.29, 0.717) is 41.9 Å². The number of morpholine rings is 1. The van der Waals surface area contributed by atoms with E-state index in [0.717, 1.165) is 24.3 Å². The molecule has 0 saturated carbocycles. The van der Waals surface area contributed by atoms with E-state index in [-0.39, 0.29) is 18.5 Å². The number of carbonyl (C=O) groups is 2. The fourth-order valence-electron chi connectivity index (χ4n) is 4.58. The van der Waals surface area contributed by atoms with Crippen LogP contribution in [0, 0.1) is 0 Å². The molecule has 0 radical (unpaired) electrons. The average molecular weight is 511 g/mol. The molecule has 4 heterocycles. The van der Waals surface area contributed by atoms with Crippen LogP contribution in [0.25, 0.3) is 11.7 Å². The van der Waals surface area contributed by atoms with Crippen LogP contribution in [0.3, 0.4) is 0 Å². The van der Waals surface area contributed by atoms with Gasteiger partial charge in [0.05, 0.1) is 25.8 Å². The first-order valence-corrected chi connectivity index (χ1v) is 12.4. The van der Waals surface area contributed by atoms with Gasteiger partial charge in [-0.3, -0.25) is 19.8 Å². The summed E-state index contributed by atoms with van der Waals surface area (Å²) in [6.07, 6.45) is 3.11. The second-order valence-electron chi connectivity index (χ2n) is 9.03. The van der Waals surface area contributed by atoms with Crippen molar-refractivity contribution in [3.8, 4) is 0 Å². The number of benzene rings is 2. The molecule has 11 heteroatoms. The van der Waals surface area contributed by atoms with Gasteiger partial charge in [0, 0.05) is 29.9 Å². The molecule has 11 nitrogen and oxygen atoms in total. The predicted octanol–water partition coefficient (Wildman–Crippen LogP) is 2.74. The maximum absolute atomic E-state index is 12.2. The predicted molar refractivity (Wildman–Crippen MR) is 141 cm³/mol. The highest BCUT2D eigenvalue weighted by Gasteiger charge is 2.26. The van der Waals surface area contributed by atoms with Crippen molar-refractivity contribution in [1.82, 2.24) is 29.8 Å². The molecule has 38 heavy (non-hydrogen) atoms. The number of imide groups is 1. The third-order valence-corrected chi connectivity index (χ3v) is 6.44. The van der Waals surface area contributed by atoms with Gasteiger partial charge in [0.15, 0.2) is 5.65 Å².